The molecule has 174 valence electrons. The first-order chi connectivity index (χ1) is 15.9. The third-order valence-electron chi connectivity index (χ3n) is 5.49. The van der Waals surface area contributed by atoms with Gasteiger partial charge in [0.2, 0.25) is 5.91 Å². The van der Waals surface area contributed by atoms with Gasteiger partial charge in [0.25, 0.3) is 5.56 Å². The number of ether oxygens (including phenoxy) is 2. The van der Waals surface area contributed by atoms with Crippen molar-refractivity contribution < 1.29 is 14.3 Å². The first-order valence-corrected chi connectivity index (χ1v) is 11.5. The molecule has 1 fully saturated rings. The molecule has 1 atom stereocenters. The smallest absolute Gasteiger partial charge is 0.332 e. The molecule has 0 saturated carbocycles. The Bertz CT molecular complexity index is 1310. The van der Waals surface area contributed by atoms with Crippen molar-refractivity contribution in [1.29, 1.82) is 0 Å². The number of hydrogen-bond donors (Lipinski definition) is 1. The first-order valence-electron chi connectivity index (χ1n) is 10.5. The predicted octanol–water partition coefficient (Wildman–Crippen LogP) is 1.09. The Balaban J connectivity index is 1.71. The summed E-state index contributed by atoms with van der Waals surface area (Å²) in [5.74, 6) is 0.818. The van der Waals surface area contributed by atoms with Crippen molar-refractivity contribution in [2.75, 3.05) is 26.0 Å². The number of carbonyl (C=O) groups is 1. The van der Waals surface area contributed by atoms with Gasteiger partial charge in [-0.1, -0.05) is 23.9 Å². The number of nitrogens with zero attached hydrogens (tertiary/aromatic N) is 4. The number of amides is 1. The third-order valence-corrected chi connectivity index (χ3v) is 6.46. The molecule has 1 saturated heterocycles. The van der Waals surface area contributed by atoms with Crippen molar-refractivity contribution in [3.05, 3.63) is 45.1 Å². The number of aryl methyl sites for hydroxylation is 1. The van der Waals surface area contributed by atoms with Crippen molar-refractivity contribution in [2.24, 2.45) is 14.1 Å². The molecule has 10 nitrogen and oxygen atoms in total. The van der Waals surface area contributed by atoms with Crippen molar-refractivity contribution >= 4 is 28.7 Å². The van der Waals surface area contributed by atoms with E-state index in [1.54, 1.807) is 32.4 Å². The van der Waals surface area contributed by atoms with Gasteiger partial charge in [0.05, 0.1) is 19.0 Å². The molecule has 1 N–H and O–H groups in total. The number of hydrogen-bond acceptors (Lipinski definition) is 8. The maximum atomic E-state index is 12.9. The van der Waals surface area contributed by atoms with Crippen molar-refractivity contribution in [3.63, 3.8) is 0 Å². The maximum absolute atomic E-state index is 12.9. The zero-order valence-corrected chi connectivity index (χ0v) is 19.5. The van der Waals surface area contributed by atoms with Crippen LogP contribution < -0.4 is 21.3 Å². The number of benzene rings is 1. The number of methoxy groups -OCH3 is 1. The molecule has 2 aromatic heterocycles. The van der Waals surface area contributed by atoms with Gasteiger partial charge in [0.1, 0.15) is 16.2 Å². The van der Waals surface area contributed by atoms with Crippen LogP contribution in [0, 0.1) is 0 Å². The van der Waals surface area contributed by atoms with E-state index in [2.05, 4.69) is 15.3 Å². The Kier molecular flexibility index (Phi) is 6.80. The lowest BCUT2D eigenvalue weighted by atomic mass is 10.2. The van der Waals surface area contributed by atoms with E-state index in [-0.39, 0.29) is 28.8 Å². The number of rotatable bonds is 7. The van der Waals surface area contributed by atoms with E-state index in [1.165, 1.54) is 11.6 Å². The average Bonchev–Trinajstić information content (AvgIpc) is 3.36. The highest BCUT2D eigenvalue weighted by molar-refractivity contribution is 8.00. The van der Waals surface area contributed by atoms with Gasteiger partial charge in [-0.3, -0.25) is 18.7 Å². The SMILES string of the molecule is COc1cccc(-c2nc(SCC(=O)NCC3CCCO3)c3c(=O)n(C)c(=O)n(C)c3n2)c1. The highest BCUT2D eigenvalue weighted by atomic mass is 32.2. The molecule has 1 aliphatic rings. The minimum atomic E-state index is -0.507. The van der Waals surface area contributed by atoms with Crippen LogP contribution in [0.5, 0.6) is 5.75 Å². The molecular formula is C22H25N5O5S. The Labute approximate surface area is 193 Å². The number of nitrogens with one attached hydrogen (secondary N) is 1. The lowest BCUT2D eigenvalue weighted by Gasteiger charge is -2.13. The van der Waals surface area contributed by atoms with Gasteiger partial charge < -0.3 is 14.8 Å². The second-order valence-electron chi connectivity index (χ2n) is 7.72. The average molecular weight is 472 g/mol. The van der Waals surface area contributed by atoms with E-state index < -0.39 is 11.2 Å². The summed E-state index contributed by atoms with van der Waals surface area (Å²) in [5, 5.41) is 3.40. The van der Waals surface area contributed by atoms with Crippen LogP contribution in [0.2, 0.25) is 0 Å². The molecule has 1 aromatic carbocycles. The number of fused-ring (bicyclic) bond motifs is 1. The van der Waals surface area contributed by atoms with Crippen LogP contribution in [0.4, 0.5) is 0 Å². The minimum absolute atomic E-state index is 0.0420. The van der Waals surface area contributed by atoms with Crippen LogP contribution in [0.15, 0.2) is 38.9 Å². The molecular weight excluding hydrogens is 446 g/mol. The van der Waals surface area contributed by atoms with Crippen LogP contribution >= 0.6 is 11.8 Å². The fourth-order valence-corrected chi connectivity index (χ4v) is 4.49. The molecule has 1 aliphatic heterocycles. The molecule has 1 amide bonds. The molecule has 0 spiro atoms. The molecule has 0 radical (unpaired) electrons. The van der Waals surface area contributed by atoms with Crippen LogP contribution in [-0.4, -0.2) is 57.1 Å². The molecule has 33 heavy (non-hydrogen) atoms. The summed E-state index contributed by atoms with van der Waals surface area (Å²) in [4.78, 5) is 47.0. The Morgan fingerprint density at radius 3 is 2.82 bits per heavy atom. The third kappa shape index (κ3) is 4.79. The van der Waals surface area contributed by atoms with Gasteiger partial charge in [-0.05, 0) is 25.0 Å². The van der Waals surface area contributed by atoms with Crippen molar-refractivity contribution in [3.8, 4) is 17.1 Å². The Morgan fingerprint density at radius 2 is 2.09 bits per heavy atom. The van der Waals surface area contributed by atoms with Crippen LogP contribution in [0.1, 0.15) is 12.8 Å². The van der Waals surface area contributed by atoms with Crippen LogP contribution in [0.25, 0.3) is 22.4 Å². The van der Waals surface area contributed by atoms with Crippen LogP contribution in [0.3, 0.4) is 0 Å². The molecule has 0 bridgehead atoms. The summed E-state index contributed by atoms with van der Waals surface area (Å²) in [6, 6.07) is 7.18. The highest BCUT2D eigenvalue weighted by Gasteiger charge is 2.20. The van der Waals surface area contributed by atoms with Gasteiger partial charge in [0.15, 0.2) is 11.5 Å². The van der Waals surface area contributed by atoms with Gasteiger partial charge in [-0.15, -0.1) is 0 Å². The number of thioether (sulfide) groups is 1. The molecule has 4 rings (SSSR count). The molecule has 11 heteroatoms. The summed E-state index contributed by atoms with van der Waals surface area (Å²) >= 11 is 1.13. The summed E-state index contributed by atoms with van der Waals surface area (Å²) in [6.07, 6.45) is 1.97. The molecule has 1 unspecified atom stereocenters. The number of carbonyl (C=O) groups excluding carboxylic acids is 1. The second-order valence-corrected chi connectivity index (χ2v) is 8.68. The van der Waals surface area contributed by atoms with E-state index in [0.717, 1.165) is 35.8 Å². The minimum Gasteiger partial charge on any atom is -0.497 e. The lowest BCUT2D eigenvalue weighted by molar-refractivity contribution is -0.119. The summed E-state index contributed by atoms with van der Waals surface area (Å²) in [5.41, 5.74) is -0.132. The van der Waals surface area contributed by atoms with E-state index in [0.29, 0.717) is 28.7 Å². The van der Waals surface area contributed by atoms with Gasteiger partial charge in [-0.25, -0.2) is 14.8 Å². The molecule has 0 aliphatic carbocycles. The first kappa shape index (κ1) is 23.0. The van der Waals surface area contributed by atoms with Gasteiger partial charge in [0, 0.05) is 32.8 Å². The topological polar surface area (TPSA) is 117 Å². The van der Waals surface area contributed by atoms with E-state index >= 15 is 0 Å². The summed E-state index contributed by atoms with van der Waals surface area (Å²) < 4.78 is 13.1. The van der Waals surface area contributed by atoms with Gasteiger partial charge in [-0.2, -0.15) is 0 Å². The Hall–Kier alpha value is -3.18. The quantitative estimate of drug-likeness (QED) is 0.402. The standard InChI is InChI=1S/C22H25N5O5S/c1-26-19-17(21(29)27(2)22(26)30)20(33-12-16(28)23-11-15-8-5-9-32-15)25-18(24-19)13-6-4-7-14(10-13)31-3/h4,6-7,10,15H,5,8-9,11-12H2,1-3H3,(H,23,28). The van der Waals surface area contributed by atoms with Crippen LogP contribution in [-0.2, 0) is 23.6 Å². The van der Waals surface area contributed by atoms with Crippen molar-refractivity contribution in [1.82, 2.24) is 24.4 Å². The maximum Gasteiger partial charge on any atom is 0.332 e. The zero-order chi connectivity index (χ0) is 23.5. The molecule has 3 aromatic rings. The van der Waals surface area contributed by atoms with E-state index in [1.807, 2.05) is 6.07 Å². The number of aromatic nitrogens is 4. The normalized spacial score (nSPS) is 15.7. The Morgan fingerprint density at radius 1 is 1.27 bits per heavy atom. The largest absolute Gasteiger partial charge is 0.497 e. The monoisotopic (exact) mass is 471 g/mol. The summed E-state index contributed by atoms with van der Waals surface area (Å²) in [6.45, 7) is 1.17. The van der Waals surface area contributed by atoms with Crippen molar-refractivity contribution in [2.45, 2.75) is 24.0 Å². The zero-order valence-electron chi connectivity index (χ0n) is 18.7. The fourth-order valence-electron chi connectivity index (χ4n) is 3.64. The van der Waals surface area contributed by atoms with E-state index in [4.69, 9.17) is 9.47 Å². The van der Waals surface area contributed by atoms with E-state index in [9.17, 15) is 14.4 Å². The van der Waals surface area contributed by atoms with Gasteiger partial charge >= 0.3 is 5.69 Å². The molecule has 3 heterocycles. The predicted molar refractivity (Wildman–Crippen MR) is 125 cm³/mol. The second kappa shape index (κ2) is 9.75. The highest BCUT2D eigenvalue weighted by Crippen LogP contribution is 2.27. The summed E-state index contributed by atoms with van der Waals surface area (Å²) in [7, 11) is 4.52. The fraction of sp³-hybridized carbons (Fsp3) is 0.409. The lowest BCUT2D eigenvalue weighted by Crippen LogP contribution is -2.38.